The Morgan fingerprint density at radius 2 is 2.29 bits per heavy atom. The van der Waals surface area contributed by atoms with Crippen LogP contribution < -0.4 is 0 Å². The molecule has 0 aromatic carbocycles. The van der Waals surface area contributed by atoms with Crippen molar-refractivity contribution >= 4 is 11.3 Å². The molecule has 0 N–H and O–H groups in total. The predicted molar refractivity (Wildman–Crippen MR) is 69.1 cm³/mol. The van der Waals surface area contributed by atoms with Crippen LogP contribution in [0.15, 0.2) is 29.9 Å². The Morgan fingerprint density at radius 1 is 1.41 bits per heavy atom. The van der Waals surface area contributed by atoms with Crippen LogP contribution in [-0.4, -0.2) is 22.8 Å². The first-order valence-electron chi connectivity index (χ1n) is 6.06. The molecule has 3 rings (SSSR count). The minimum absolute atomic E-state index is 0.733. The zero-order chi connectivity index (χ0) is 11.5. The third kappa shape index (κ3) is 2.42. The highest BCUT2D eigenvalue weighted by molar-refractivity contribution is 7.13. The highest BCUT2D eigenvalue weighted by Gasteiger charge is 2.16. The van der Waals surface area contributed by atoms with E-state index in [1.807, 2.05) is 6.20 Å². The van der Waals surface area contributed by atoms with Crippen molar-refractivity contribution in [3.8, 4) is 10.7 Å². The summed E-state index contributed by atoms with van der Waals surface area (Å²) in [6.45, 7) is 2.89. The van der Waals surface area contributed by atoms with Gasteiger partial charge in [-0.15, -0.1) is 11.3 Å². The van der Waals surface area contributed by atoms with Crippen LogP contribution in [0.3, 0.4) is 0 Å². The summed E-state index contributed by atoms with van der Waals surface area (Å²) in [5, 5.41) is 2.10. The van der Waals surface area contributed by atoms with E-state index in [2.05, 4.69) is 33.3 Å². The van der Waals surface area contributed by atoms with Gasteiger partial charge < -0.3 is 9.30 Å². The van der Waals surface area contributed by atoms with Crippen molar-refractivity contribution in [2.24, 2.45) is 5.92 Å². The quantitative estimate of drug-likeness (QED) is 0.834. The molecule has 0 spiro atoms. The molecule has 0 radical (unpaired) electrons. The minimum atomic E-state index is 0.733. The highest BCUT2D eigenvalue weighted by atomic mass is 32.1. The number of hydrogen-bond donors (Lipinski definition) is 0. The Hall–Kier alpha value is -1.13. The lowest BCUT2D eigenvalue weighted by molar-refractivity contribution is 0.0614. The smallest absolute Gasteiger partial charge is 0.149 e. The maximum Gasteiger partial charge on any atom is 0.149 e. The van der Waals surface area contributed by atoms with Crippen molar-refractivity contribution in [2.75, 3.05) is 13.2 Å². The molecule has 3 nitrogen and oxygen atoms in total. The Kier molecular flexibility index (Phi) is 3.25. The van der Waals surface area contributed by atoms with E-state index in [0.29, 0.717) is 0 Å². The van der Waals surface area contributed by atoms with Gasteiger partial charge in [0, 0.05) is 32.2 Å². The van der Waals surface area contributed by atoms with Gasteiger partial charge in [-0.05, 0) is 30.2 Å². The van der Waals surface area contributed by atoms with Crippen molar-refractivity contribution in [3.05, 3.63) is 29.9 Å². The number of rotatable bonds is 3. The van der Waals surface area contributed by atoms with E-state index in [4.69, 9.17) is 4.74 Å². The third-order valence-electron chi connectivity index (χ3n) is 3.25. The maximum absolute atomic E-state index is 5.40. The number of aromatic nitrogens is 2. The molecule has 17 heavy (non-hydrogen) atoms. The topological polar surface area (TPSA) is 27.1 Å². The Morgan fingerprint density at radius 3 is 3.06 bits per heavy atom. The first kappa shape index (κ1) is 11.0. The van der Waals surface area contributed by atoms with Gasteiger partial charge in [0.05, 0.1) is 4.88 Å². The fourth-order valence-corrected chi connectivity index (χ4v) is 3.03. The van der Waals surface area contributed by atoms with E-state index in [0.717, 1.165) is 31.5 Å². The molecule has 1 aliphatic heterocycles. The van der Waals surface area contributed by atoms with E-state index in [1.54, 1.807) is 11.3 Å². The summed E-state index contributed by atoms with van der Waals surface area (Å²) in [6.07, 6.45) is 6.32. The summed E-state index contributed by atoms with van der Waals surface area (Å²) in [7, 11) is 0. The number of imidazole rings is 1. The molecule has 1 aliphatic rings. The minimum Gasteiger partial charge on any atom is -0.381 e. The number of hydrogen-bond acceptors (Lipinski definition) is 3. The molecular weight excluding hydrogens is 232 g/mol. The molecule has 2 aromatic heterocycles. The van der Waals surface area contributed by atoms with Crippen LogP contribution in [0.1, 0.15) is 12.8 Å². The summed E-state index contributed by atoms with van der Waals surface area (Å²) < 4.78 is 7.68. The van der Waals surface area contributed by atoms with Gasteiger partial charge in [-0.1, -0.05) is 6.07 Å². The maximum atomic E-state index is 5.40. The summed E-state index contributed by atoms with van der Waals surface area (Å²) in [4.78, 5) is 5.72. The van der Waals surface area contributed by atoms with Gasteiger partial charge >= 0.3 is 0 Å². The molecule has 0 amide bonds. The SMILES string of the molecule is c1csc(-c2nccn2CC2CCOCC2)c1. The van der Waals surface area contributed by atoms with Crippen molar-refractivity contribution in [1.29, 1.82) is 0 Å². The number of nitrogens with zero attached hydrogens (tertiary/aromatic N) is 2. The van der Waals surface area contributed by atoms with Gasteiger partial charge in [-0.25, -0.2) is 4.98 Å². The first-order valence-corrected chi connectivity index (χ1v) is 6.94. The zero-order valence-corrected chi connectivity index (χ0v) is 10.5. The molecule has 0 saturated carbocycles. The number of ether oxygens (including phenoxy) is 1. The average Bonchev–Trinajstić information content (AvgIpc) is 3.00. The van der Waals surface area contributed by atoms with Gasteiger partial charge in [0.2, 0.25) is 0 Å². The molecule has 4 heteroatoms. The molecule has 1 fully saturated rings. The van der Waals surface area contributed by atoms with Crippen molar-refractivity contribution < 1.29 is 4.74 Å². The van der Waals surface area contributed by atoms with Crippen LogP contribution in [0.4, 0.5) is 0 Å². The number of thiophene rings is 1. The normalized spacial score (nSPS) is 17.4. The second kappa shape index (κ2) is 5.02. The van der Waals surface area contributed by atoms with Crippen molar-refractivity contribution in [1.82, 2.24) is 9.55 Å². The molecule has 2 aromatic rings. The molecular formula is C13H16N2OS. The second-order valence-electron chi connectivity index (χ2n) is 4.44. The van der Waals surface area contributed by atoms with E-state index in [1.165, 1.54) is 17.7 Å². The van der Waals surface area contributed by atoms with E-state index in [-0.39, 0.29) is 0 Å². The second-order valence-corrected chi connectivity index (χ2v) is 5.38. The van der Waals surface area contributed by atoms with Crippen LogP contribution in [0.25, 0.3) is 10.7 Å². The molecule has 0 aliphatic carbocycles. The first-order chi connectivity index (χ1) is 8.43. The molecule has 0 unspecified atom stereocenters. The van der Waals surface area contributed by atoms with Crippen LogP contribution >= 0.6 is 11.3 Å². The van der Waals surface area contributed by atoms with Gasteiger partial charge in [0.1, 0.15) is 5.82 Å². The fraction of sp³-hybridized carbons (Fsp3) is 0.462. The summed E-state index contributed by atoms with van der Waals surface area (Å²) in [6, 6.07) is 4.21. The monoisotopic (exact) mass is 248 g/mol. The van der Waals surface area contributed by atoms with Crippen LogP contribution in [0.5, 0.6) is 0 Å². The van der Waals surface area contributed by atoms with E-state index < -0.39 is 0 Å². The van der Waals surface area contributed by atoms with Crippen LogP contribution in [-0.2, 0) is 11.3 Å². The highest BCUT2D eigenvalue weighted by Crippen LogP contribution is 2.25. The average molecular weight is 248 g/mol. The standard InChI is InChI=1S/C13H16N2OS/c1-2-12(17-9-1)13-14-5-6-15(13)10-11-3-7-16-8-4-11/h1-2,5-6,9,11H,3-4,7-8,10H2. The Balaban J connectivity index is 1.77. The lowest BCUT2D eigenvalue weighted by Crippen LogP contribution is -2.20. The molecule has 3 heterocycles. The third-order valence-corrected chi connectivity index (χ3v) is 4.12. The van der Waals surface area contributed by atoms with Crippen LogP contribution in [0.2, 0.25) is 0 Å². The zero-order valence-electron chi connectivity index (χ0n) is 9.71. The van der Waals surface area contributed by atoms with Crippen molar-refractivity contribution in [3.63, 3.8) is 0 Å². The molecule has 90 valence electrons. The fourth-order valence-electron chi connectivity index (χ4n) is 2.29. The Bertz CT molecular complexity index is 457. The molecule has 1 saturated heterocycles. The summed E-state index contributed by atoms with van der Waals surface area (Å²) >= 11 is 1.75. The Labute approximate surface area is 105 Å². The van der Waals surface area contributed by atoms with Gasteiger partial charge in [0.25, 0.3) is 0 Å². The molecule has 0 bridgehead atoms. The summed E-state index contributed by atoms with van der Waals surface area (Å²) in [5.41, 5.74) is 0. The van der Waals surface area contributed by atoms with E-state index >= 15 is 0 Å². The lowest BCUT2D eigenvalue weighted by Gasteiger charge is -2.22. The van der Waals surface area contributed by atoms with Crippen LogP contribution in [0, 0.1) is 5.92 Å². The van der Waals surface area contributed by atoms with E-state index in [9.17, 15) is 0 Å². The largest absolute Gasteiger partial charge is 0.381 e. The van der Waals surface area contributed by atoms with Gasteiger partial charge in [-0.2, -0.15) is 0 Å². The molecule has 0 atom stereocenters. The summed E-state index contributed by atoms with van der Waals surface area (Å²) in [5.74, 6) is 1.84. The predicted octanol–water partition coefficient (Wildman–Crippen LogP) is 3.04. The lowest BCUT2D eigenvalue weighted by atomic mass is 10.0. The van der Waals surface area contributed by atoms with Crippen molar-refractivity contribution in [2.45, 2.75) is 19.4 Å². The van der Waals surface area contributed by atoms with Gasteiger partial charge in [-0.3, -0.25) is 0 Å². The van der Waals surface area contributed by atoms with Gasteiger partial charge in [0.15, 0.2) is 0 Å².